The highest BCUT2D eigenvalue weighted by Gasteiger charge is 2.08. The number of thiazole rings is 2. The van der Waals surface area contributed by atoms with Crippen molar-refractivity contribution >= 4 is 28.7 Å². The van der Waals surface area contributed by atoms with Gasteiger partial charge >= 0.3 is 6.03 Å². The summed E-state index contributed by atoms with van der Waals surface area (Å²) in [6.07, 6.45) is 1.73. The summed E-state index contributed by atoms with van der Waals surface area (Å²) in [7, 11) is 0. The summed E-state index contributed by atoms with van der Waals surface area (Å²) in [5.74, 6) is 0. The number of hydrogen-bond donors (Lipinski definition) is 2. The Hall–Kier alpha value is -1.47. The first-order valence-electron chi connectivity index (χ1n) is 7.39. The zero-order valence-corrected chi connectivity index (χ0v) is 15.1. The second kappa shape index (κ2) is 7.69. The van der Waals surface area contributed by atoms with Crippen molar-refractivity contribution in [2.75, 3.05) is 6.54 Å². The lowest BCUT2D eigenvalue weighted by Gasteiger charge is -2.05. The second-order valence-electron chi connectivity index (χ2n) is 5.07. The summed E-state index contributed by atoms with van der Waals surface area (Å²) >= 11 is 3.34. The van der Waals surface area contributed by atoms with Crippen LogP contribution in [0.4, 0.5) is 4.79 Å². The Morgan fingerprint density at radius 3 is 2.36 bits per heavy atom. The lowest BCUT2D eigenvalue weighted by Crippen LogP contribution is -2.36. The smallest absolute Gasteiger partial charge is 0.315 e. The van der Waals surface area contributed by atoms with Crippen LogP contribution >= 0.6 is 22.7 Å². The van der Waals surface area contributed by atoms with Crippen molar-refractivity contribution in [1.82, 2.24) is 20.6 Å². The van der Waals surface area contributed by atoms with E-state index in [1.807, 2.05) is 13.8 Å². The first kappa shape index (κ1) is 16.9. The van der Waals surface area contributed by atoms with Crippen LogP contribution in [0, 0.1) is 20.8 Å². The monoisotopic (exact) mass is 338 g/mol. The fourth-order valence-electron chi connectivity index (χ4n) is 2.04. The van der Waals surface area contributed by atoms with Gasteiger partial charge in [0.05, 0.1) is 22.9 Å². The molecular weight excluding hydrogens is 316 g/mol. The number of aromatic nitrogens is 2. The van der Waals surface area contributed by atoms with Gasteiger partial charge in [0.25, 0.3) is 0 Å². The van der Waals surface area contributed by atoms with Crippen LogP contribution in [-0.4, -0.2) is 22.5 Å². The van der Waals surface area contributed by atoms with Gasteiger partial charge in [-0.05, 0) is 27.2 Å². The van der Waals surface area contributed by atoms with Gasteiger partial charge in [-0.15, -0.1) is 22.7 Å². The predicted octanol–water partition coefficient (Wildman–Crippen LogP) is 3.13. The van der Waals surface area contributed by atoms with Crippen LogP contribution in [-0.2, 0) is 19.4 Å². The molecule has 2 heterocycles. The van der Waals surface area contributed by atoms with E-state index in [0.29, 0.717) is 13.1 Å². The molecule has 0 aliphatic heterocycles. The standard InChI is InChI=1S/C15H22N4OS2/c1-5-12-11(4)22-13(19-12)6-7-16-15(20)17-8-14-18-9(2)10(3)21-14/h5-8H2,1-4H3,(H2,16,17,20). The molecule has 0 atom stereocenters. The Morgan fingerprint density at radius 2 is 1.77 bits per heavy atom. The van der Waals surface area contributed by atoms with Crippen molar-refractivity contribution in [2.24, 2.45) is 0 Å². The zero-order chi connectivity index (χ0) is 16.1. The number of rotatable bonds is 6. The molecule has 0 unspecified atom stereocenters. The third-order valence-electron chi connectivity index (χ3n) is 3.37. The van der Waals surface area contributed by atoms with Gasteiger partial charge in [-0.2, -0.15) is 0 Å². The van der Waals surface area contributed by atoms with Crippen LogP contribution < -0.4 is 10.6 Å². The van der Waals surface area contributed by atoms with Crippen molar-refractivity contribution in [3.8, 4) is 0 Å². The maximum atomic E-state index is 11.8. The normalized spacial score (nSPS) is 10.7. The minimum Gasteiger partial charge on any atom is -0.338 e. The molecule has 0 saturated carbocycles. The highest BCUT2D eigenvalue weighted by molar-refractivity contribution is 7.11. The molecule has 0 fully saturated rings. The lowest BCUT2D eigenvalue weighted by molar-refractivity contribution is 0.240. The van der Waals surface area contributed by atoms with E-state index in [0.717, 1.165) is 28.6 Å². The Morgan fingerprint density at radius 1 is 1.05 bits per heavy atom. The van der Waals surface area contributed by atoms with E-state index in [-0.39, 0.29) is 6.03 Å². The summed E-state index contributed by atoms with van der Waals surface area (Å²) in [6, 6.07) is -0.158. The van der Waals surface area contributed by atoms with Crippen LogP contribution in [0.2, 0.25) is 0 Å². The maximum absolute atomic E-state index is 11.8. The van der Waals surface area contributed by atoms with Crippen LogP contribution in [0.15, 0.2) is 0 Å². The summed E-state index contributed by atoms with van der Waals surface area (Å²) < 4.78 is 0. The molecule has 0 aromatic carbocycles. The molecule has 120 valence electrons. The van der Waals surface area contributed by atoms with Crippen molar-refractivity contribution in [3.63, 3.8) is 0 Å². The average molecular weight is 339 g/mol. The third kappa shape index (κ3) is 4.51. The molecule has 0 aliphatic carbocycles. The minimum absolute atomic E-state index is 0.158. The van der Waals surface area contributed by atoms with Crippen LogP contribution in [0.25, 0.3) is 0 Å². The van der Waals surface area contributed by atoms with E-state index in [1.165, 1.54) is 15.4 Å². The van der Waals surface area contributed by atoms with Crippen molar-refractivity contribution in [3.05, 3.63) is 31.2 Å². The topological polar surface area (TPSA) is 66.9 Å². The van der Waals surface area contributed by atoms with Gasteiger partial charge in [-0.25, -0.2) is 14.8 Å². The molecule has 2 aromatic rings. The quantitative estimate of drug-likeness (QED) is 0.850. The average Bonchev–Trinajstić information content (AvgIpc) is 2.99. The van der Waals surface area contributed by atoms with Gasteiger partial charge in [0.15, 0.2) is 0 Å². The number of urea groups is 1. The number of carbonyl (C=O) groups excluding carboxylic acids is 1. The second-order valence-corrected chi connectivity index (χ2v) is 7.65. The van der Waals surface area contributed by atoms with Crippen molar-refractivity contribution in [2.45, 2.75) is 47.1 Å². The molecule has 0 aliphatic rings. The molecule has 0 spiro atoms. The molecule has 2 amide bonds. The van der Waals surface area contributed by atoms with Crippen LogP contribution in [0.1, 0.15) is 38.1 Å². The number of carbonyl (C=O) groups is 1. The lowest BCUT2D eigenvalue weighted by atomic mass is 10.3. The van der Waals surface area contributed by atoms with Crippen molar-refractivity contribution < 1.29 is 4.79 Å². The van der Waals surface area contributed by atoms with Gasteiger partial charge < -0.3 is 10.6 Å². The van der Waals surface area contributed by atoms with E-state index in [2.05, 4.69) is 34.4 Å². The van der Waals surface area contributed by atoms with Gasteiger partial charge in [-0.1, -0.05) is 6.92 Å². The molecule has 2 aromatic heterocycles. The first-order chi connectivity index (χ1) is 10.5. The molecule has 0 saturated heterocycles. The summed E-state index contributed by atoms with van der Waals surface area (Å²) in [5.41, 5.74) is 2.20. The van der Waals surface area contributed by atoms with E-state index in [1.54, 1.807) is 22.7 Å². The highest BCUT2D eigenvalue weighted by Crippen LogP contribution is 2.18. The molecule has 2 N–H and O–H groups in total. The zero-order valence-electron chi connectivity index (χ0n) is 13.4. The number of aryl methyl sites for hydroxylation is 4. The predicted molar refractivity (Wildman–Crippen MR) is 91.8 cm³/mol. The van der Waals surface area contributed by atoms with E-state index < -0.39 is 0 Å². The summed E-state index contributed by atoms with van der Waals surface area (Å²) in [6.45, 7) is 9.30. The Bertz CT molecular complexity index is 629. The molecule has 0 bridgehead atoms. The minimum atomic E-state index is -0.158. The fraction of sp³-hybridized carbons (Fsp3) is 0.533. The van der Waals surface area contributed by atoms with Crippen molar-refractivity contribution in [1.29, 1.82) is 0 Å². The van der Waals surface area contributed by atoms with E-state index in [4.69, 9.17) is 0 Å². The number of hydrogen-bond acceptors (Lipinski definition) is 5. The molecule has 7 heteroatoms. The molecule has 0 radical (unpaired) electrons. The number of amides is 2. The fourth-order valence-corrected chi connectivity index (χ4v) is 3.93. The van der Waals surface area contributed by atoms with Crippen LogP contribution in [0.3, 0.4) is 0 Å². The van der Waals surface area contributed by atoms with Gasteiger partial charge in [-0.3, -0.25) is 0 Å². The van der Waals surface area contributed by atoms with Gasteiger partial charge in [0.1, 0.15) is 5.01 Å². The van der Waals surface area contributed by atoms with E-state index in [9.17, 15) is 4.79 Å². The van der Waals surface area contributed by atoms with Crippen LogP contribution in [0.5, 0.6) is 0 Å². The molecule has 5 nitrogen and oxygen atoms in total. The SMILES string of the molecule is CCc1nc(CCNC(=O)NCc2nc(C)c(C)s2)sc1C. The molecular formula is C15H22N4OS2. The first-order valence-corrected chi connectivity index (χ1v) is 9.02. The summed E-state index contributed by atoms with van der Waals surface area (Å²) in [5, 5.41) is 7.72. The Labute approximate surface area is 139 Å². The van der Waals surface area contributed by atoms with Gasteiger partial charge in [0, 0.05) is 22.7 Å². The molecule has 2 rings (SSSR count). The number of nitrogens with zero attached hydrogens (tertiary/aromatic N) is 2. The third-order valence-corrected chi connectivity index (χ3v) is 5.51. The largest absolute Gasteiger partial charge is 0.338 e. The highest BCUT2D eigenvalue weighted by atomic mass is 32.1. The Balaban J connectivity index is 1.71. The Kier molecular flexibility index (Phi) is 5.90. The maximum Gasteiger partial charge on any atom is 0.315 e. The molecule has 22 heavy (non-hydrogen) atoms. The number of nitrogens with one attached hydrogen (secondary N) is 2. The van der Waals surface area contributed by atoms with E-state index >= 15 is 0 Å². The van der Waals surface area contributed by atoms with Gasteiger partial charge in [0.2, 0.25) is 0 Å². The summed E-state index contributed by atoms with van der Waals surface area (Å²) in [4.78, 5) is 23.2.